The number of H-pyrrole nitrogens is 1. The van der Waals surface area contributed by atoms with Gasteiger partial charge in [-0.25, -0.2) is 0 Å². The molecule has 3 nitrogen and oxygen atoms in total. The van der Waals surface area contributed by atoms with Crippen molar-refractivity contribution in [3.8, 4) is 11.4 Å². The lowest BCUT2D eigenvalue weighted by molar-refractivity contribution is -0.141. The first kappa shape index (κ1) is 38.3. The largest absolute Gasteiger partial charge is 0.435 e. The molecule has 0 radical (unpaired) electrons. The highest BCUT2D eigenvalue weighted by Crippen LogP contribution is 2.45. The normalized spacial score (nSPS) is 14.6. The van der Waals surface area contributed by atoms with Crippen LogP contribution in [0.4, 0.5) is 13.2 Å². The molecule has 0 aliphatic carbocycles. The Labute approximate surface area is 279 Å². The molecule has 0 saturated carbocycles. The van der Waals surface area contributed by atoms with Crippen LogP contribution >= 0.6 is 0 Å². The van der Waals surface area contributed by atoms with Crippen molar-refractivity contribution < 1.29 is 13.2 Å². The molecule has 7 heteroatoms. The second-order valence-electron chi connectivity index (χ2n) is 13.7. The van der Waals surface area contributed by atoms with Crippen molar-refractivity contribution in [1.82, 2.24) is 15.2 Å². The number of aromatic nitrogens is 3. The Morgan fingerprint density at radius 2 is 1.20 bits per heavy atom. The third kappa shape index (κ3) is 12.5. The van der Waals surface area contributed by atoms with Crippen LogP contribution in [0.1, 0.15) is 167 Å². The number of rotatable bonds is 25. The van der Waals surface area contributed by atoms with Crippen molar-refractivity contribution in [2.45, 2.75) is 174 Å². The summed E-state index contributed by atoms with van der Waals surface area (Å²) < 4.78 is 40.1. The first-order valence-electron chi connectivity index (χ1n) is 18.9. The zero-order valence-electron chi connectivity index (χ0n) is 29.3. The summed E-state index contributed by atoms with van der Waals surface area (Å²) in [6.45, 7) is 6.80. The molecule has 2 aromatic heterocycles. The fourth-order valence-electron chi connectivity index (χ4n) is 7.19. The summed E-state index contributed by atoms with van der Waals surface area (Å²) in [4.78, 5) is 4.50. The Morgan fingerprint density at radius 3 is 1.72 bits per heavy atom. The van der Waals surface area contributed by atoms with Crippen molar-refractivity contribution in [1.29, 1.82) is 0 Å². The molecule has 258 valence electrons. The van der Waals surface area contributed by atoms with Gasteiger partial charge in [0.25, 0.3) is 0 Å². The zero-order chi connectivity index (χ0) is 33.1. The van der Waals surface area contributed by atoms with Crippen LogP contribution in [0.5, 0.6) is 0 Å². The third-order valence-corrected chi connectivity index (χ3v) is 14.8. The molecule has 0 unspecified atom stereocenters. The van der Waals surface area contributed by atoms with Crippen molar-refractivity contribution in [3.05, 3.63) is 53.0 Å². The van der Waals surface area contributed by atoms with Gasteiger partial charge in [-0.05, 0) is 59.5 Å². The zero-order valence-corrected chi connectivity index (χ0v) is 30.3. The maximum atomic E-state index is 13.4. The van der Waals surface area contributed by atoms with Crippen LogP contribution in [-0.4, -0.2) is 23.3 Å². The Balaban J connectivity index is 1.85. The number of alkyl halides is 3. The molecule has 3 rings (SSSR count). The first-order chi connectivity index (χ1) is 22.3. The van der Waals surface area contributed by atoms with Gasteiger partial charge in [0.05, 0.1) is 11.4 Å². The highest BCUT2D eigenvalue weighted by Gasteiger charge is 2.39. The van der Waals surface area contributed by atoms with E-state index in [1.165, 1.54) is 151 Å². The molecule has 0 aromatic carbocycles. The van der Waals surface area contributed by atoms with Crippen LogP contribution in [0.3, 0.4) is 0 Å². The van der Waals surface area contributed by atoms with Crippen LogP contribution < -0.4 is 0 Å². The van der Waals surface area contributed by atoms with Gasteiger partial charge in [-0.2, -0.15) is 18.3 Å². The maximum Gasteiger partial charge on any atom is 0.435 e. The molecule has 1 aliphatic rings. The monoisotopic (exact) mass is 657 g/mol. The van der Waals surface area contributed by atoms with Gasteiger partial charge >= 0.3 is 6.18 Å². The SMILES string of the molecule is CCCCCCCCCC[Si]1(CCCCCCCCCC)C=CC(CCCCCC)=C1c1ccnc(-c2cc(C(F)(F)F)n[nH]2)c1. The Morgan fingerprint density at radius 1 is 0.674 bits per heavy atom. The number of unbranched alkanes of at least 4 members (excludes halogenated alkanes) is 17. The molecule has 2 aromatic rings. The van der Waals surface area contributed by atoms with Crippen LogP contribution in [0, 0.1) is 0 Å². The molecule has 0 amide bonds. The standard InChI is InChI=1S/C39H62F3N3Si/c1-4-7-10-13-15-17-19-22-28-46(29-23-20-18-16-14-11-8-5-2)30-26-33(24-21-12-9-6-3)38(46)34-25-27-43-35(31-34)36-32-37(45-44-36)39(40,41)42/h25-27,30-32H,4-24,28-29H2,1-3H3,(H,44,45). The van der Waals surface area contributed by atoms with Gasteiger partial charge in [-0.15, -0.1) is 0 Å². The van der Waals surface area contributed by atoms with Crippen molar-refractivity contribution >= 4 is 13.3 Å². The number of hydrogen-bond acceptors (Lipinski definition) is 2. The fraction of sp³-hybridized carbons (Fsp3) is 0.692. The quantitative estimate of drug-likeness (QED) is 0.0853. The Kier molecular flexibility index (Phi) is 17.4. The third-order valence-electron chi connectivity index (χ3n) is 9.87. The molecule has 0 bridgehead atoms. The van der Waals surface area contributed by atoms with Crippen LogP contribution in [-0.2, 0) is 6.18 Å². The molecule has 0 fully saturated rings. The summed E-state index contributed by atoms with van der Waals surface area (Å²) in [6.07, 6.45) is 26.9. The molecule has 0 spiro atoms. The minimum Gasteiger partial charge on any atom is -0.276 e. The van der Waals surface area contributed by atoms with Crippen molar-refractivity contribution in [3.63, 3.8) is 0 Å². The molecule has 1 aliphatic heterocycles. The van der Waals surface area contributed by atoms with E-state index >= 15 is 0 Å². The summed E-state index contributed by atoms with van der Waals surface area (Å²) in [6, 6.07) is 7.77. The number of hydrogen-bond donors (Lipinski definition) is 1. The highest BCUT2D eigenvalue weighted by atomic mass is 28.3. The van der Waals surface area contributed by atoms with Crippen molar-refractivity contribution in [2.75, 3.05) is 0 Å². The number of nitrogens with zero attached hydrogens (tertiary/aromatic N) is 2. The predicted octanol–water partition coefficient (Wildman–Crippen LogP) is 13.6. The van der Waals surface area contributed by atoms with Gasteiger partial charge < -0.3 is 0 Å². The molecule has 0 atom stereocenters. The van der Waals surface area contributed by atoms with Crippen molar-refractivity contribution in [2.24, 2.45) is 0 Å². The number of allylic oxidation sites excluding steroid dienone is 2. The smallest absolute Gasteiger partial charge is 0.276 e. The van der Waals surface area contributed by atoms with Gasteiger partial charge in [0, 0.05) is 6.20 Å². The van der Waals surface area contributed by atoms with E-state index in [4.69, 9.17) is 0 Å². The molecule has 46 heavy (non-hydrogen) atoms. The van der Waals surface area contributed by atoms with E-state index in [2.05, 4.69) is 53.8 Å². The van der Waals surface area contributed by atoms with Gasteiger partial charge in [-0.3, -0.25) is 10.1 Å². The van der Waals surface area contributed by atoms with E-state index in [1.807, 2.05) is 6.07 Å². The van der Waals surface area contributed by atoms with E-state index in [9.17, 15) is 13.2 Å². The maximum absolute atomic E-state index is 13.4. The minimum atomic E-state index is -4.48. The summed E-state index contributed by atoms with van der Waals surface area (Å²) in [5, 5.41) is 7.69. The number of aromatic amines is 1. The van der Waals surface area contributed by atoms with Gasteiger partial charge in [0.2, 0.25) is 0 Å². The van der Waals surface area contributed by atoms with Crippen LogP contribution in [0.2, 0.25) is 12.1 Å². The first-order valence-corrected chi connectivity index (χ1v) is 21.4. The summed E-state index contributed by atoms with van der Waals surface area (Å²) in [7, 11) is -1.98. The van der Waals surface area contributed by atoms with Crippen LogP contribution in [0.15, 0.2) is 41.7 Å². The second kappa shape index (κ2) is 20.9. The van der Waals surface area contributed by atoms with E-state index < -0.39 is 19.9 Å². The molecule has 1 N–H and O–H groups in total. The lowest BCUT2D eigenvalue weighted by atomic mass is 10.0. The van der Waals surface area contributed by atoms with Gasteiger partial charge in [-0.1, -0.05) is 155 Å². The summed E-state index contributed by atoms with van der Waals surface area (Å²) in [5.74, 6) is 0. The molecule has 3 heterocycles. The number of pyridine rings is 1. The minimum absolute atomic E-state index is 0.323. The second-order valence-corrected chi connectivity index (χ2v) is 17.9. The van der Waals surface area contributed by atoms with E-state index in [1.54, 1.807) is 6.20 Å². The number of nitrogens with one attached hydrogen (secondary N) is 1. The lowest BCUT2D eigenvalue weighted by Gasteiger charge is -2.31. The van der Waals surface area contributed by atoms with Gasteiger partial charge in [0.1, 0.15) is 8.07 Å². The fourth-order valence-corrected chi connectivity index (χ4v) is 12.3. The van der Waals surface area contributed by atoms with E-state index in [-0.39, 0.29) is 0 Å². The average Bonchev–Trinajstić information content (AvgIpc) is 3.69. The average molecular weight is 658 g/mol. The molecular weight excluding hydrogens is 596 g/mol. The predicted molar refractivity (Wildman–Crippen MR) is 192 cm³/mol. The highest BCUT2D eigenvalue weighted by molar-refractivity contribution is 7.01. The lowest BCUT2D eigenvalue weighted by Crippen LogP contribution is -2.33. The van der Waals surface area contributed by atoms with E-state index in [0.717, 1.165) is 18.1 Å². The Bertz CT molecular complexity index is 1160. The topological polar surface area (TPSA) is 41.6 Å². The van der Waals surface area contributed by atoms with Gasteiger partial charge in [0.15, 0.2) is 5.69 Å². The summed E-state index contributed by atoms with van der Waals surface area (Å²) in [5.41, 5.74) is 5.24. The van der Waals surface area contributed by atoms with E-state index in [0.29, 0.717) is 11.4 Å². The Hall–Kier alpha value is -2.15. The molecular formula is C39H62F3N3Si. The summed E-state index contributed by atoms with van der Waals surface area (Å²) >= 11 is 0. The van der Waals surface area contributed by atoms with Crippen LogP contribution in [0.25, 0.3) is 16.6 Å². The number of halogens is 3. The molecule has 0 saturated heterocycles.